The number of anilines is 1. The number of sulfonamides is 1. The van der Waals surface area contributed by atoms with Crippen molar-refractivity contribution in [2.45, 2.75) is 30.7 Å². The molecule has 0 saturated heterocycles. The normalized spacial score (nSPS) is 16.2. The van der Waals surface area contributed by atoms with E-state index in [9.17, 15) is 13.2 Å². The summed E-state index contributed by atoms with van der Waals surface area (Å²) >= 11 is 0. The van der Waals surface area contributed by atoms with Crippen LogP contribution in [0.3, 0.4) is 0 Å². The molecule has 28 heavy (non-hydrogen) atoms. The largest absolute Gasteiger partial charge is 0.368 e. The van der Waals surface area contributed by atoms with Crippen LogP contribution in [0, 0.1) is 0 Å². The number of likely N-dealkylation sites (N-methyl/N-ethyl adjacent to an activating group) is 1. The van der Waals surface area contributed by atoms with Gasteiger partial charge in [-0.25, -0.2) is 8.42 Å². The van der Waals surface area contributed by atoms with Crippen LogP contribution in [-0.4, -0.2) is 51.4 Å². The van der Waals surface area contributed by atoms with Crippen molar-refractivity contribution in [3.8, 4) is 0 Å². The average molecular weight is 402 g/mol. The molecule has 2 aromatic carbocycles. The molecule has 7 heteroatoms. The van der Waals surface area contributed by atoms with Crippen molar-refractivity contribution in [2.75, 3.05) is 31.6 Å². The van der Waals surface area contributed by atoms with Gasteiger partial charge in [0, 0.05) is 31.9 Å². The number of carbonyl (C=O) groups excluding carboxylic acids is 1. The summed E-state index contributed by atoms with van der Waals surface area (Å²) in [6, 6.07) is 17.0. The number of fused-ring (bicyclic) bond motifs is 1. The van der Waals surface area contributed by atoms with Crippen molar-refractivity contribution in [3.05, 3.63) is 60.2 Å². The quantitative estimate of drug-likeness (QED) is 0.689. The molecule has 1 heterocycles. The van der Waals surface area contributed by atoms with Gasteiger partial charge in [0.25, 0.3) is 0 Å². The number of hydrogen-bond acceptors (Lipinski definition) is 4. The van der Waals surface area contributed by atoms with E-state index in [0.717, 1.165) is 23.7 Å². The Morgan fingerprint density at radius 3 is 2.57 bits per heavy atom. The monoisotopic (exact) mass is 401 g/mol. The van der Waals surface area contributed by atoms with Crippen molar-refractivity contribution in [1.29, 1.82) is 0 Å². The number of carbonyl (C=O) groups is 1. The molecule has 1 N–H and O–H groups in total. The lowest BCUT2D eigenvalue weighted by Gasteiger charge is -2.25. The second-order valence-electron chi connectivity index (χ2n) is 7.15. The summed E-state index contributed by atoms with van der Waals surface area (Å²) in [6.45, 7) is 3.39. The van der Waals surface area contributed by atoms with Gasteiger partial charge in [0.15, 0.2) is 0 Å². The SMILES string of the molecule is C[C@@H]1Cc2ccccc2N1CCCNC(=O)CN(C)S(=O)(=O)c1ccccc1. The van der Waals surface area contributed by atoms with Crippen molar-refractivity contribution >= 4 is 21.6 Å². The fraction of sp³-hybridized carbons (Fsp3) is 0.381. The maximum Gasteiger partial charge on any atom is 0.243 e. The molecule has 0 aliphatic carbocycles. The molecule has 1 amide bonds. The molecule has 1 atom stereocenters. The molecular weight excluding hydrogens is 374 g/mol. The maximum absolute atomic E-state index is 12.5. The molecule has 2 aromatic rings. The summed E-state index contributed by atoms with van der Waals surface area (Å²) in [5.41, 5.74) is 2.64. The summed E-state index contributed by atoms with van der Waals surface area (Å²) < 4.78 is 26.0. The zero-order valence-corrected chi connectivity index (χ0v) is 17.2. The standard InChI is InChI=1S/C21H27N3O3S/c1-17-15-18-9-6-7-12-20(18)24(17)14-8-13-22-21(25)16-23(2)28(26,27)19-10-4-3-5-11-19/h3-7,9-12,17H,8,13-16H2,1-2H3,(H,22,25)/t17-/m1/s1. The van der Waals surface area contributed by atoms with Gasteiger partial charge in [-0.05, 0) is 43.5 Å². The topological polar surface area (TPSA) is 69.7 Å². The van der Waals surface area contributed by atoms with Gasteiger partial charge < -0.3 is 10.2 Å². The van der Waals surface area contributed by atoms with Crippen LogP contribution in [0.2, 0.25) is 0 Å². The number of para-hydroxylation sites is 1. The summed E-state index contributed by atoms with van der Waals surface area (Å²) in [7, 11) is -2.23. The van der Waals surface area contributed by atoms with E-state index in [4.69, 9.17) is 0 Å². The predicted molar refractivity (Wildman–Crippen MR) is 111 cm³/mol. The number of nitrogens with one attached hydrogen (secondary N) is 1. The Balaban J connectivity index is 1.45. The van der Waals surface area contributed by atoms with Crippen LogP contribution in [-0.2, 0) is 21.2 Å². The lowest BCUT2D eigenvalue weighted by molar-refractivity contribution is -0.121. The number of rotatable bonds is 8. The Kier molecular flexibility index (Phi) is 6.36. The van der Waals surface area contributed by atoms with E-state index >= 15 is 0 Å². The van der Waals surface area contributed by atoms with E-state index in [1.54, 1.807) is 18.2 Å². The third kappa shape index (κ3) is 4.54. The van der Waals surface area contributed by atoms with Crippen LogP contribution in [0.5, 0.6) is 0 Å². The second-order valence-corrected chi connectivity index (χ2v) is 9.20. The first-order valence-corrected chi connectivity index (χ1v) is 11.0. The first kappa shape index (κ1) is 20.4. The van der Waals surface area contributed by atoms with E-state index < -0.39 is 10.0 Å². The molecular formula is C21H27N3O3S. The highest BCUT2D eigenvalue weighted by Gasteiger charge is 2.25. The fourth-order valence-electron chi connectivity index (χ4n) is 3.56. The van der Waals surface area contributed by atoms with E-state index in [-0.39, 0.29) is 17.3 Å². The van der Waals surface area contributed by atoms with Crippen molar-refractivity contribution in [3.63, 3.8) is 0 Å². The summed E-state index contributed by atoms with van der Waals surface area (Å²) in [5.74, 6) is -0.295. The highest BCUT2D eigenvalue weighted by Crippen LogP contribution is 2.31. The molecule has 0 radical (unpaired) electrons. The van der Waals surface area contributed by atoms with Gasteiger partial charge in [-0.1, -0.05) is 36.4 Å². The van der Waals surface area contributed by atoms with Crippen LogP contribution in [0.25, 0.3) is 0 Å². The minimum absolute atomic E-state index is 0.187. The molecule has 150 valence electrons. The van der Waals surface area contributed by atoms with Crippen molar-refractivity contribution < 1.29 is 13.2 Å². The lowest BCUT2D eigenvalue weighted by Crippen LogP contribution is -2.39. The first-order valence-electron chi connectivity index (χ1n) is 9.52. The first-order chi connectivity index (χ1) is 13.4. The van der Waals surface area contributed by atoms with E-state index in [2.05, 4.69) is 41.4 Å². The second kappa shape index (κ2) is 8.75. The van der Waals surface area contributed by atoms with Crippen LogP contribution in [0.1, 0.15) is 18.9 Å². The van der Waals surface area contributed by atoms with Gasteiger partial charge in [-0.2, -0.15) is 4.31 Å². The molecule has 1 aliphatic heterocycles. The van der Waals surface area contributed by atoms with Gasteiger partial charge >= 0.3 is 0 Å². The zero-order valence-electron chi connectivity index (χ0n) is 16.3. The van der Waals surface area contributed by atoms with Crippen LogP contribution in [0.15, 0.2) is 59.5 Å². The minimum atomic E-state index is -3.65. The highest BCUT2D eigenvalue weighted by atomic mass is 32.2. The summed E-state index contributed by atoms with van der Waals surface area (Å²) in [6.07, 6.45) is 1.85. The van der Waals surface area contributed by atoms with E-state index in [1.165, 1.54) is 30.4 Å². The molecule has 0 unspecified atom stereocenters. The number of nitrogens with zero attached hydrogens (tertiary/aromatic N) is 2. The molecule has 0 aromatic heterocycles. The fourth-order valence-corrected chi connectivity index (χ4v) is 4.71. The third-order valence-electron chi connectivity index (χ3n) is 5.06. The molecule has 1 aliphatic rings. The Morgan fingerprint density at radius 2 is 1.82 bits per heavy atom. The molecule has 0 bridgehead atoms. The van der Waals surface area contributed by atoms with E-state index in [1.807, 2.05) is 0 Å². The van der Waals surface area contributed by atoms with Gasteiger partial charge in [0.1, 0.15) is 0 Å². The maximum atomic E-state index is 12.5. The third-order valence-corrected chi connectivity index (χ3v) is 6.88. The Morgan fingerprint density at radius 1 is 1.14 bits per heavy atom. The highest BCUT2D eigenvalue weighted by molar-refractivity contribution is 7.89. The molecule has 0 spiro atoms. The summed E-state index contributed by atoms with van der Waals surface area (Å²) in [4.78, 5) is 14.7. The Labute approximate surface area is 167 Å². The number of hydrogen-bond donors (Lipinski definition) is 1. The molecule has 0 fully saturated rings. The van der Waals surface area contributed by atoms with E-state index in [0.29, 0.717) is 12.6 Å². The van der Waals surface area contributed by atoms with Gasteiger partial charge in [0.2, 0.25) is 15.9 Å². The number of amides is 1. The van der Waals surface area contributed by atoms with Crippen molar-refractivity contribution in [1.82, 2.24) is 9.62 Å². The predicted octanol–water partition coefficient (Wildman–Crippen LogP) is 2.26. The van der Waals surface area contributed by atoms with Crippen LogP contribution in [0.4, 0.5) is 5.69 Å². The van der Waals surface area contributed by atoms with Crippen LogP contribution >= 0.6 is 0 Å². The van der Waals surface area contributed by atoms with Gasteiger partial charge in [0.05, 0.1) is 11.4 Å². The number of benzene rings is 2. The summed E-state index contributed by atoms with van der Waals surface area (Å²) in [5, 5.41) is 2.83. The van der Waals surface area contributed by atoms with Gasteiger partial charge in [-0.15, -0.1) is 0 Å². The zero-order chi connectivity index (χ0) is 20.1. The molecule has 3 rings (SSSR count). The lowest BCUT2D eigenvalue weighted by atomic mass is 10.1. The minimum Gasteiger partial charge on any atom is -0.368 e. The Bertz CT molecular complexity index is 916. The van der Waals surface area contributed by atoms with Crippen LogP contribution < -0.4 is 10.2 Å². The molecule has 0 saturated carbocycles. The average Bonchev–Trinajstić information content (AvgIpc) is 3.01. The van der Waals surface area contributed by atoms with Crippen molar-refractivity contribution in [2.24, 2.45) is 0 Å². The van der Waals surface area contributed by atoms with Gasteiger partial charge in [-0.3, -0.25) is 4.79 Å². The Hall–Kier alpha value is -2.38. The smallest absolute Gasteiger partial charge is 0.243 e. The molecule has 6 nitrogen and oxygen atoms in total.